The van der Waals surface area contributed by atoms with Gasteiger partial charge in [-0.15, -0.1) is 0 Å². The van der Waals surface area contributed by atoms with Crippen molar-refractivity contribution in [2.24, 2.45) is 0 Å². The van der Waals surface area contributed by atoms with Gasteiger partial charge in [0.25, 0.3) is 5.91 Å². The van der Waals surface area contributed by atoms with Gasteiger partial charge in [0.05, 0.1) is 11.2 Å². The van der Waals surface area contributed by atoms with E-state index in [2.05, 4.69) is 26.2 Å². The normalized spacial score (nSPS) is 11.3. The number of rotatable bonds is 5. The van der Waals surface area contributed by atoms with Gasteiger partial charge in [0.2, 0.25) is 0 Å². The first kappa shape index (κ1) is 14.9. The Balaban J connectivity index is 2.69. The molecule has 18 heavy (non-hydrogen) atoms. The Morgan fingerprint density at radius 2 is 2.28 bits per heavy atom. The number of hydrogen-bond acceptors (Lipinski definition) is 4. The van der Waals surface area contributed by atoms with Crippen LogP contribution in [0, 0.1) is 0 Å². The van der Waals surface area contributed by atoms with Crippen molar-refractivity contribution in [2.75, 3.05) is 18.9 Å². The molecular formula is C12H18BrN3O2. The summed E-state index contributed by atoms with van der Waals surface area (Å²) in [5.74, 6) is -0.0426. The van der Waals surface area contributed by atoms with Gasteiger partial charge >= 0.3 is 0 Å². The van der Waals surface area contributed by atoms with Crippen LogP contribution in [-0.4, -0.2) is 29.6 Å². The molecule has 1 aromatic heterocycles. The third-order valence-electron chi connectivity index (χ3n) is 2.34. The van der Waals surface area contributed by atoms with Gasteiger partial charge in [-0.2, -0.15) is 0 Å². The molecule has 1 aromatic rings. The Hall–Kier alpha value is -1.14. The third-order valence-corrected chi connectivity index (χ3v) is 2.77. The topological polar surface area (TPSA) is 77.2 Å². The van der Waals surface area contributed by atoms with Crippen molar-refractivity contribution in [3.63, 3.8) is 0 Å². The molecule has 5 nitrogen and oxygen atoms in total. The zero-order chi connectivity index (χ0) is 13.8. The predicted octanol–water partition coefficient (Wildman–Crippen LogP) is 1.97. The molecule has 6 heteroatoms. The monoisotopic (exact) mass is 315 g/mol. The van der Waals surface area contributed by atoms with Crippen molar-refractivity contribution in [1.29, 1.82) is 0 Å². The summed E-state index contributed by atoms with van der Waals surface area (Å²) >= 11 is 3.26. The molecule has 0 fully saturated rings. The van der Waals surface area contributed by atoms with Gasteiger partial charge in [-0.05, 0) is 42.8 Å². The van der Waals surface area contributed by atoms with Crippen molar-refractivity contribution in [3.05, 3.63) is 22.3 Å². The fourth-order valence-corrected chi connectivity index (χ4v) is 1.79. The first-order valence-corrected chi connectivity index (χ1v) is 6.48. The highest BCUT2D eigenvalue weighted by Crippen LogP contribution is 2.15. The van der Waals surface area contributed by atoms with E-state index in [9.17, 15) is 4.79 Å². The fraction of sp³-hybridized carbons (Fsp3) is 0.500. The number of halogens is 1. The number of carbonyl (C=O) groups is 1. The number of anilines is 1. The molecule has 0 unspecified atom stereocenters. The van der Waals surface area contributed by atoms with Gasteiger partial charge in [-0.25, -0.2) is 4.98 Å². The first-order valence-electron chi connectivity index (χ1n) is 5.69. The average molecular weight is 316 g/mol. The first-order chi connectivity index (χ1) is 8.35. The molecule has 0 saturated heterocycles. The van der Waals surface area contributed by atoms with Gasteiger partial charge in [-0.3, -0.25) is 4.79 Å². The van der Waals surface area contributed by atoms with Crippen molar-refractivity contribution in [1.82, 2.24) is 10.3 Å². The lowest BCUT2D eigenvalue weighted by Gasteiger charge is -2.24. The van der Waals surface area contributed by atoms with Crippen LogP contribution in [0.15, 0.2) is 16.7 Å². The number of ether oxygens (including phenoxy) is 1. The number of nitrogens with zero attached hydrogens (tertiary/aromatic N) is 1. The van der Waals surface area contributed by atoms with Gasteiger partial charge in [0.1, 0.15) is 5.82 Å². The second-order valence-corrected chi connectivity index (χ2v) is 5.38. The molecular weight excluding hydrogens is 298 g/mol. The van der Waals surface area contributed by atoms with Gasteiger partial charge in [0, 0.05) is 23.8 Å². The lowest BCUT2D eigenvalue weighted by Crippen LogP contribution is -2.40. The summed E-state index contributed by atoms with van der Waals surface area (Å²) in [5, 5.41) is 2.79. The molecule has 1 heterocycles. The molecule has 0 radical (unpaired) electrons. The molecule has 0 spiro atoms. The Morgan fingerprint density at radius 3 is 2.89 bits per heavy atom. The number of nitrogen functional groups attached to an aromatic ring is 1. The standard InChI is InChI=1S/C12H18BrN3O2/c1-4-18-12(2,3)7-16-11(17)9-5-8(13)6-15-10(9)14/h5-6H,4,7H2,1-3H3,(H2,14,15)(H,16,17). The predicted molar refractivity (Wildman–Crippen MR) is 74.4 cm³/mol. The van der Waals surface area contributed by atoms with Crippen LogP contribution >= 0.6 is 15.9 Å². The van der Waals surface area contributed by atoms with E-state index in [1.54, 1.807) is 12.3 Å². The van der Waals surface area contributed by atoms with Crippen molar-refractivity contribution in [3.8, 4) is 0 Å². The summed E-state index contributed by atoms with van der Waals surface area (Å²) in [6.07, 6.45) is 1.55. The fourth-order valence-electron chi connectivity index (χ4n) is 1.46. The summed E-state index contributed by atoms with van der Waals surface area (Å²) in [6.45, 7) is 6.76. The van der Waals surface area contributed by atoms with E-state index in [0.717, 1.165) is 0 Å². The lowest BCUT2D eigenvalue weighted by molar-refractivity contribution is -0.00815. The molecule has 1 amide bonds. The number of nitrogens with two attached hydrogens (primary N) is 1. The minimum absolute atomic E-state index is 0.213. The summed E-state index contributed by atoms with van der Waals surface area (Å²) < 4.78 is 6.21. The molecule has 0 atom stereocenters. The maximum Gasteiger partial charge on any atom is 0.255 e. The molecule has 0 aliphatic heterocycles. The van der Waals surface area contributed by atoms with Crippen molar-refractivity contribution >= 4 is 27.7 Å². The zero-order valence-corrected chi connectivity index (χ0v) is 12.4. The molecule has 0 saturated carbocycles. The number of nitrogens with one attached hydrogen (secondary N) is 1. The smallest absolute Gasteiger partial charge is 0.255 e. The summed E-state index contributed by atoms with van der Waals surface area (Å²) in [6, 6.07) is 1.64. The number of pyridine rings is 1. The van der Waals surface area contributed by atoms with E-state index in [1.165, 1.54) is 0 Å². The van der Waals surface area contributed by atoms with Crippen LogP contribution in [0.4, 0.5) is 5.82 Å². The van der Waals surface area contributed by atoms with E-state index in [0.29, 0.717) is 23.2 Å². The van der Waals surface area contributed by atoms with Crippen LogP contribution < -0.4 is 11.1 Å². The Bertz CT molecular complexity index is 435. The van der Waals surface area contributed by atoms with E-state index in [4.69, 9.17) is 10.5 Å². The minimum atomic E-state index is -0.404. The van der Waals surface area contributed by atoms with Gasteiger partial charge in [-0.1, -0.05) is 0 Å². The maximum atomic E-state index is 12.0. The van der Waals surface area contributed by atoms with E-state index >= 15 is 0 Å². The van der Waals surface area contributed by atoms with Crippen molar-refractivity contribution in [2.45, 2.75) is 26.4 Å². The highest BCUT2D eigenvalue weighted by Gasteiger charge is 2.20. The highest BCUT2D eigenvalue weighted by molar-refractivity contribution is 9.10. The summed E-state index contributed by atoms with van der Waals surface area (Å²) in [4.78, 5) is 15.9. The third kappa shape index (κ3) is 4.27. The molecule has 3 N–H and O–H groups in total. The van der Waals surface area contributed by atoms with Crippen LogP contribution in [0.2, 0.25) is 0 Å². The van der Waals surface area contributed by atoms with Crippen LogP contribution in [0.3, 0.4) is 0 Å². The molecule has 0 aliphatic carbocycles. The number of aromatic nitrogens is 1. The van der Waals surface area contributed by atoms with Crippen LogP contribution in [0.1, 0.15) is 31.1 Å². The number of hydrogen-bond donors (Lipinski definition) is 2. The lowest BCUT2D eigenvalue weighted by atomic mass is 10.1. The van der Waals surface area contributed by atoms with E-state index < -0.39 is 5.60 Å². The Labute approximate surface area is 115 Å². The van der Waals surface area contributed by atoms with E-state index in [-0.39, 0.29) is 11.7 Å². The molecule has 0 aromatic carbocycles. The number of amides is 1. The summed E-state index contributed by atoms with van der Waals surface area (Å²) in [5.41, 5.74) is 5.62. The summed E-state index contributed by atoms with van der Waals surface area (Å²) in [7, 11) is 0. The molecule has 100 valence electrons. The number of carbonyl (C=O) groups excluding carboxylic acids is 1. The molecule has 0 aliphatic rings. The molecule has 1 rings (SSSR count). The maximum absolute atomic E-state index is 12.0. The Kier molecular flexibility index (Phi) is 5.10. The highest BCUT2D eigenvalue weighted by atomic mass is 79.9. The van der Waals surface area contributed by atoms with E-state index in [1.807, 2.05) is 20.8 Å². The minimum Gasteiger partial charge on any atom is -0.383 e. The average Bonchev–Trinajstić information content (AvgIpc) is 2.29. The second-order valence-electron chi connectivity index (χ2n) is 4.46. The van der Waals surface area contributed by atoms with Crippen LogP contribution in [0.5, 0.6) is 0 Å². The zero-order valence-electron chi connectivity index (χ0n) is 10.8. The second kappa shape index (κ2) is 6.15. The quantitative estimate of drug-likeness (QED) is 0.871. The SMILES string of the molecule is CCOC(C)(C)CNC(=O)c1cc(Br)cnc1N. The van der Waals surface area contributed by atoms with Crippen LogP contribution in [0.25, 0.3) is 0 Å². The Morgan fingerprint density at radius 1 is 1.61 bits per heavy atom. The van der Waals surface area contributed by atoms with Crippen molar-refractivity contribution < 1.29 is 9.53 Å². The largest absolute Gasteiger partial charge is 0.383 e. The molecule has 0 bridgehead atoms. The van der Waals surface area contributed by atoms with Gasteiger partial charge < -0.3 is 15.8 Å². The van der Waals surface area contributed by atoms with Gasteiger partial charge in [0.15, 0.2) is 0 Å². The van der Waals surface area contributed by atoms with Crippen LogP contribution in [-0.2, 0) is 4.74 Å².